The second-order valence-corrected chi connectivity index (χ2v) is 4.54. The van der Waals surface area contributed by atoms with Crippen LogP contribution in [0.15, 0.2) is 0 Å². The lowest BCUT2D eigenvalue weighted by molar-refractivity contribution is -0.0821. The summed E-state index contributed by atoms with van der Waals surface area (Å²) in [6, 6.07) is 0.0185. The summed E-state index contributed by atoms with van der Waals surface area (Å²) < 4.78 is 75.6. The molecule has 7 nitrogen and oxygen atoms in total. The zero-order valence-corrected chi connectivity index (χ0v) is 12.4. The molecular formula is C10H12F6N6O. The van der Waals surface area contributed by atoms with Crippen molar-refractivity contribution in [2.45, 2.75) is 0 Å². The number of amides is 2. The van der Waals surface area contributed by atoms with Crippen molar-refractivity contribution >= 4 is 17.5 Å². The van der Waals surface area contributed by atoms with Crippen molar-refractivity contribution in [2.24, 2.45) is 0 Å². The maximum atomic E-state index is 12.8. The SMILES string of the molecule is CN(C)C(=O)N(C)C.Fc1nc2c(c(F)c1F)N(F)N(F)N2F. The van der Waals surface area contributed by atoms with E-state index < -0.39 is 44.9 Å². The first-order chi connectivity index (χ1) is 10.5. The van der Waals surface area contributed by atoms with Crippen molar-refractivity contribution in [3.8, 4) is 0 Å². The molecule has 0 radical (unpaired) electrons. The van der Waals surface area contributed by atoms with Gasteiger partial charge in [-0.1, -0.05) is 23.9 Å². The Morgan fingerprint density at radius 2 is 1.39 bits per heavy atom. The van der Waals surface area contributed by atoms with Crippen LogP contribution in [0.4, 0.5) is 42.9 Å². The minimum atomic E-state index is -2.12. The highest BCUT2D eigenvalue weighted by molar-refractivity contribution is 5.73. The number of fused-ring (bicyclic) bond motifs is 1. The van der Waals surface area contributed by atoms with E-state index in [4.69, 9.17) is 0 Å². The van der Waals surface area contributed by atoms with Gasteiger partial charge < -0.3 is 9.80 Å². The third kappa shape index (κ3) is 3.49. The molecule has 2 heterocycles. The fraction of sp³-hybridized carbons (Fsp3) is 0.400. The molecule has 23 heavy (non-hydrogen) atoms. The number of carbonyl (C=O) groups excluding carboxylic acids is 1. The van der Waals surface area contributed by atoms with E-state index in [9.17, 15) is 31.4 Å². The van der Waals surface area contributed by atoms with Crippen molar-refractivity contribution in [2.75, 3.05) is 38.7 Å². The Morgan fingerprint density at radius 1 is 0.913 bits per heavy atom. The molecule has 1 aliphatic heterocycles. The number of hydrogen-bond acceptors (Lipinski definition) is 5. The highest BCUT2D eigenvalue weighted by Gasteiger charge is 2.43. The van der Waals surface area contributed by atoms with Crippen molar-refractivity contribution in [1.82, 2.24) is 20.1 Å². The average molecular weight is 346 g/mol. The van der Waals surface area contributed by atoms with Crippen LogP contribution in [0.25, 0.3) is 0 Å². The molecule has 0 aliphatic carbocycles. The van der Waals surface area contributed by atoms with Crippen molar-refractivity contribution in [3.63, 3.8) is 0 Å². The molecule has 1 aliphatic rings. The van der Waals surface area contributed by atoms with Gasteiger partial charge in [-0.3, -0.25) is 0 Å². The Labute approximate surface area is 126 Å². The Bertz CT molecular complexity index is 590. The Balaban J connectivity index is 0.000000284. The highest BCUT2D eigenvalue weighted by Crippen LogP contribution is 2.41. The van der Waals surface area contributed by atoms with Crippen molar-refractivity contribution in [1.29, 1.82) is 0 Å². The summed E-state index contributed by atoms with van der Waals surface area (Å²) in [5.41, 5.74) is -1.49. The summed E-state index contributed by atoms with van der Waals surface area (Å²) in [5, 5.41) is -3.67. The molecule has 1 aromatic heterocycles. The van der Waals surface area contributed by atoms with Crippen LogP contribution < -0.4 is 10.5 Å². The number of aromatic nitrogens is 1. The number of nitrogens with zero attached hydrogens (tertiary/aromatic N) is 6. The fourth-order valence-electron chi connectivity index (χ4n) is 1.41. The second-order valence-electron chi connectivity index (χ2n) is 4.54. The van der Waals surface area contributed by atoms with Gasteiger partial charge in [-0.15, -0.1) is 0 Å². The average Bonchev–Trinajstić information content (AvgIpc) is 2.69. The molecule has 2 rings (SSSR count). The third-order valence-corrected chi connectivity index (χ3v) is 2.41. The summed E-state index contributed by atoms with van der Waals surface area (Å²) in [4.78, 5) is 16.3. The summed E-state index contributed by atoms with van der Waals surface area (Å²) in [6.07, 6.45) is 0. The van der Waals surface area contributed by atoms with Gasteiger partial charge >= 0.3 is 6.03 Å². The molecule has 0 spiro atoms. The van der Waals surface area contributed by atoms with Gasteiger partial charge in [-0.2, -0.15) is 13.8 Å². The van der Waals surface area contributed by atoms with Crippen LogP contribution in [0.3, 0.4) is 0 Å². The molecule has 13 heteroatoms. The minimum absolute atomic E-state index is 0.0185. The number of hydrazine groups is 2. The monoisotopic (exact) mass is 346 g/mol. The number of rotatable bonds is 0. The molecule has 1 aromatic rings. The molecule has 0 atom stereocenters. The Hall–Kier alpha value is -2.44. The Kier molecular flexibility index (Phi) is 5.47. The minimum Gasteiger partial charge on any atom is -0.331 e. The van der Waals surface area contributed by atoms with Crippen LogP contribution >= 0.6 is 0 Å². The fourth-order valence-corrected chi connectivity index (χ4v) is 1.41. The topological polar surface area (TPSA) is 46.2 Å². The maximum Gasteiger partial charge on any atom is 0.318 e. The van der Waals surface area contributed by atoms with E-state index in [1.54, 1.807) is 28.2 Å². The lowest BCUT2D eigenvalue weighted by Crippen LogP contribution is -2.33. The van der Waals surface area contributed by atoms with Crippen LogP contribution in [0.1, 0.15) is 0 Å². The van der Waals surface area contributed by atoms with Crippen LogP contribution in [0.5, 0.6) is 0 Å². The zero-order valence-electron chi connectivity index (χ0n) is 12.4. The van der Waals surface area contributed by atoms with Crippen LogP contribution in [0.2, 0.25) is 0 Å². The Morgan fingerprint density at radius 3 is 1.78 bits per heavy atom. The van der Waals surface area contributed by atoms with E-state index in [0.29, 0.717) is 0 Å². The first-order valence-corrected chi connectivity index (χ1v) is 5.81. The predicted octanol–water partition coefficient (Wildman–Crippen LogP) is 2.14. The molecular weight excluding hydrogens is 334 g/mol. The zero-order chi connectivity index (χ0) is 18.1. The maximum absolute atomic E-state index is 12.8. The number of urea groups is 1. The van der Waals surface area contributed by atoms with E-state index in [1.807, 2.05) is 0 Å². The van der Waals surface area contributed by atoms with Gasteiger partial charge in [0.1, 0.15) is 5.34 Å². The number of halogens is 6. The molecule has 0 N–H and O–H groups in total. The number of anilines is 2. The van der Waals surface area contributed by atoms with Crippen LogP contribution in [-0.4, -0.2) is 54.3 Å². The lowest BCUT2D eigenvalue weighted by Gasteiger charge is -2.16. The predicted molar refractivity (Wildman–Crippen MR) is 67.0 cm³/mol. The number of carbonyl (C=O) groups is 1. The summed E-state index contributed by atoms with van der Waals surface area (Å²) in [5.74, 6) is -7.57. The van der Waals surface area contributed by atoms with E-state index in [-0.39, 0.29) is 6.03 Å². The molecule has 0 aromatic carbocycles. The van der Waals surface area contributed by atoms with Crippen LogP contribution in [-0.2, 0) is 0 Å². The number of hydrogen-bond donors (Lipinski definition) is 0. The van der Waals surface area contributed by atoms with Gasteiger partial charge in [0, 0.05) is 28.2 Å². The molecule has 0 unspecified atom stereocenters. The van der Waals surface area contributed by atoms with E-state index >= 15 is 0 Å². The van der Waals surface area contributed by atoms with Crippen molar-refractivity contribution in [3.05, 3.63) is 17.6 Å². The standard InChI is InChI=1S/C5F6N4.C5H12N2O/c6-1-2(7)4(8)12-5-3(1)13(9)15(11)14(5)10;1-6(2)5(8)7(3)4/h;1-4H3. The smallest absolute Gasteiger partial charge is 0.318 e. The van der Waals surface area contributed by atoms with Gasteiger partial charge in [-0.05, 0) is 0 Å². The second kappa shape index (κ2) is 6.76. The highest BCUT2D eigenvalue weighted by atomic mass is 19.3. The van der Waals surface area contributed by atoms with Gasteiger partial charge in [0.25, 0.3) is 5.95 Å². The lowest BCUT2D eigenvalue weighted by atomic mass is 10.3. The summed E-state index contributed by atoms with van der Waals surface area (Å²) in [6.45, 7) is 0. The normalized spacial score (nSPS) is 13.5. The van der Waals surface area contributed by atoms with Gasteiger partial charge in [-0.25, -0.2) is 9.18 Å². The molecule has 130 valence electrons. The van der Waals surface area contributed by atoms with Gasteiger partial charge in [0.15, 0.2) is 11.5 Å². The summed E-state index contributed by atoms with van der Waals surface area (Å²) in [7, 11) is 6.90. The first kappa shape index (κ1) is 18.6. The number of pyridine rings is 1. The summed E-state index contributed by atoms with van der Waals surface area (Å²) >= 11 is 0. The molecule has 0 bridgehead atoms. The van der Waals surface area contributed by atoms with Gasteiger partial charge in [0.2, 0.25) is 11.6 Å². The molecule has 0 saturated carbocycles. The molecule has 0 fully saturated rings. The van der Waals surface area contributed by atoms with E-state index in [1.165, 1.54) is 9.80 Å². The first-order valence-electron chi connectivity index (χ1n) is 5.81. The largest absolute Gasteiger partial charge is 0.331 e. The van der Waals surface area contributed by atoms with Crippen molar-refractivity contribution < 1.29 is 31.4 Å². The quantitative estimate of drug-likeness (QED) is 0.409. The van der Waals surface area contributed by atoms with E-state index in [0.717, 1.165) is 0 Å². The molecule has 2 amide bonds. The molecule has 0 saturated heterocycles. The van der Waals surface area contributed by atoms with Gasteiger partial charge in [0.05, 0.1) is 0 Å². The van der Waals surface area contributed by atoms with Crippen LogP contribution in [0, 0.1) is 17.6 Å². The van der Waals surface area contributed by atoms with E-state index in [2.05, 4.69) is 4.98 Å². The third-order valence-electron chi connectivity index (χ3n) is 2.41.